The molecule has 4 heterocycles. The third-order valence-corrected chi connectivity index (χ3v) is 7.20. The lowest BCUT2D eigenvalue weighted by Gasteiger charge is -2.11. The number of aromatic nitrogens is 5. The molecule has 0 N–H and O–H groups in total. The van der Waals surface area contributed by atoms with Gasteiger partial charge in [-0.1, -0.05) is 30.8 Å². The second kappa shape index (κ2) is 10.4. The van der Waals surface area contributed by atoms with Crippen LogP contribution in [0.1, 0.15) is 40.0 Å². The van der Waals surface area contributed by atoms with Crippen LogP contribution >= 0.6 is 11.8 Å². The number of pyridine rings is 1. The molecule has 4 aromatic heterocycles. The van der Waals surface area contributed by atoms with Crippen LogP contribution in [0.25, 0.3) is 17.1 Å². The Labute approximate surface area is 214 Å². The van der Waals surface area contributed by atoms with E-state index in [4.69, 9.17) is 4.42 Å². The molecular formula is C28H27N5O2S. The molecule has 5 rings (SSSR count). The number of nitrogens with zero attached hydrogens (tertiary/aromatic N) is 5. The van der Waals surface area contributed by atoms with Gasteiger partial charge in [-0.25, -0.2) is 0 Å². The average Bonchev–Trinajstić information content (AvgIpc) is 3.64. The van der Waals surface area contributed by atoms with Gasteiger partial charge in [0.2, 0.25) is 0 Å². The van der Waals surface area contributed by atoms with Gasteiger partial charge in [-0.15, -0.1) is 10.2 Å². The molecule has 0 atom stereocenters. The number of rotatable bonds is 9. The number of ketones is 1. The predicted molar refractivity (Wildman–Crippen MR) is 141 cm³/mol. The molecule has 0 aliphatic carbocycles. The smallest absolute Gasteiger partial charge is 0.196 e. The molecule has 36 heavy (non-hydrogen) atoms. The molecule has 0 radical (unpaired) electrons. The average molecular weight is 498 g/mol. The van der Waals surface area contributed by atoms with Gasteiger partial charge in [-0.3, -0.25) is 14.3 Å². The summed E-state index contributed by atoms with van der Waals surface area (Å²) in [5, 5.41) is 9.60. The molecule has 0 unspecified atom stereocenters. The van der Waals surface area contributed by atoms with Crippen molar-refractivity contribution < 1.29 is 9.21 Å². The number of hydrogen-bond acceptors (Lipinski definition) is 6. The molecule has 0 bridgehead atoms. The Kier molecular flexibility index (Phi) is 6.86. The summed E-state index contributed by atoms with van der Waals surface area (Å²) in [6, 6.07) is 18.0. The summed E-state index contributed by atoms with van der Waals surface area (Å²) < 4.78 is 9.61. The number of carbonyl (C=O) groups is 1. The van der Waals surface area contributed by atoms with E-state index in [2.05, 4.69) is 50.9 Å². The molecule has 0 saturated carbocycles. The van der Waals surface area contributed by atoms with Crippen molar-refractivity contribution in [1.82, 2.24) is 24.3 Å². The molecule has 0 aliphatic rings. The van der Waals surface area contributed by atoms with Crippen molar-refractivity contribution in [3.8, 4) is 17.1 Å². The molecular weight excluding hydrogens is 470 g/mol. The maximum atomic E-state index is 13.3. The van der Waals surface area contributed by atoms with Crippen LogP contribution in [0.2, 0.25) is 0 Å². The van der Waals surface area contributed by atoms with E-state index >= 15 is 0 Å². The molecule has 0 spiro atoms. The topological polar surface area (TPSA) is 78.7 Å². The van der Waals surface area contributed by atoms with Crippen molar-refractivity contribution in [3.63, 3.8) is 0 Å². The fraction of sp³-hybridized carbons (Fsp3) is 0.214. The van der Waals surface area contributed by atoms with Gasteiger partial charge in [0, 0.05) is 40.6 Å². The molecule has 1 aromatic carbocycles. The van der Waals surface area contributed by atoms with Crippen LogP contribution in [0, 0.1) is 13.8 Å². The Morgan fingerprint density at radius 2 is 1.81 bits per heavy atom. The number of hydrogen-bond donors (Lipinski definition) is 0. The summed E-state index contributed by atoms with van der Waals surface area (Å²) in [6.07, 6.45) is 6.11. The summed E-state index contributed by atoms with van der Waals surface area (Å²) in [5.41, 5.74) is 5.80. The van der Waals surface area contributed by atoms with Crippen molar-refractivity contribution >= 4 is 17.5 Å². The third-order valence-electron chi connectivity index (χ3n) is 6.28. The van der Waals surface area contributed by atoms with Crippen molar-refractivity contribution in [2.45, 2.75) is 38.9 Å². The Hall–Kier alpha value is -3.91. The number of benzene rings is 1. The van der Waals surface area contributed by atoms with Gasteiger partial charge in [0.15, 0.2) is 16.8 Å². The largest absolute Gasteiger partial charge is 0.467 e. The monoisotopic (exact) mass is 497 g/mol. The molecule has 0 aliphatic heterocycles. The van der Waals surface area contributed by atoms with Gasteiger partial charge >= 0.3 is 0 Å². The Morgan fingerprint density at radius 3 is 2.50 bits per heavy atom. The minimum Gasteiger partial charge on any atom is -0.467 e. The van der Waals surface area contributed by atoms with Crippen LogP contribution in [-0.2, 0) is 13.0 Å². The van der Waals surface area contributed by atoms with Gasteiger partial charge in [-0.2, -0.15) is 0 Å². The van der Waals surface area contributed by atoms with E-state index < -0.39 is 0 Å². The summed E-state index contributed by atoms with van der Waals surface area (Å²) >= 11 is 1.40. The van der Waals surface area contributed by atoms with Crippen LogP contribution in [0.3, 0.4) is 0 Å². The number of furan rings is 1. The van der Waals surface area contributed by atoms with E-state index in [-0.39, 0.29) is 11.5 Å². The van der Waals surface area contributed by atoms with Crippen LogP contribution in [0.4, 0.5) is 0 Å². The molecule has 8 heteroatoms. The molecule has 0 fully saturated rings. The first-order valence-corrected chi connectivity index (χ1v) is 12.8. The van der Waals surface area contributed by atoms with E-state index in [1.165, 1.54) is 17.3 Å². The zero-order chi connectivity index (χ0) is 25.1. The summed E-state index contributed by atoms with van der Waals surface area (Å²) in [5.74, 6) is 1.89. The van der Waals surface area contributed by atoms with Gasteiger partial charge in [0.05, 0.1) is 18.6 Å². The maximum Gasteiger partial charge on any atom is 0.196 e. The summed E-state index contributed by atoms with van der Waals surface area (Å²) in [7, 11) is 0. The standard InChI is InChI=1S/C28H27N5O2S/c1-4-21-7-9-23(10-8-21)33-27(22-11-13-29-14-12-22)30-31-28(33)36-18-26(34)25-16-19(2)32(20(25)3)17-24-6-5-15-35-24/h5-16H,4,17-18H2,1-3H3. The molecule has 0 amide bonds. The molecule has 182 valence electrons. The molecule has 0 saturated heterocycles. The number of aryl methyl sites for hydroxylation is 2. The third kappa shape index (κ3) is 4.77. The lowest BCUT2D eigenvalue weighted by Crippen LogP contribution is -2.08. The highest BCUT2D eigenvalue weighted by atomic mass is 32.2. The fourth-order valence-electron chi connectivity index (χ4n) is 4.26. The first-order valence-electron chi connectivity index (χ1n) is 11.9. The summed E-state index contributed by atoms with van der Waals surface area (Å²) in [4.78, 5) is 17.4. The second-order valence-corrected chi connectivity index (χ2v) is 9.50. The Morgan fingerprint density at radius 1 is 1.03 bits per heavy atom. The van der Waals surface area contributed by atoms with E-state index in [9.17, 15) is 4.79 Å². The second-order valence-electron chi connectivity index (χ2n) is 8.56. The normalized spacial score (nSPS) is 11.2. The minimum atomic E-state index is 0.0557. The fourth-order valence-corrected chi connectivity index (χ4v) is 5.09. The van der Waals surface area contributed by atoms with E-state index in [1.54, 1.807) is 18.7 Å². The highest BCUT2D eigenvalue weighted by Crippen LogP contribution is 2.29. The lowest BCUT2D eigenvalue weighted by molar-refractivity contribution is 0.102. The number of thioether (sulfide) groups is 1. The van der Waals surface area contributed by atoms with Crippen LogP contribution in [-0.4, -0.2) is 35.9 Å². The van der Waals surface area contributed by atoms with Gasteiger partial charge in [0.1, 0.15) is 5.76 Å². The Bertz CT molecular complexity index is 1470. The predicted octanol–water partition coefficient (Wildman–Crippen LogP) is 5.93. The lowest BCUT2D eigenvalue weighted by atomic mass is 10.1. The first kappa shape index (κ1) is 23.8. The van der Waals surface area contributed by atoms with Crippen molar-refractivity contribution in [1.29, 1.82) is 0 Å². The van der Waals surface area contributed by atoms with Gasteiger partial charge < -0.3 is 8.98 Å². The van der Waals surface area contributed by atoms with Crippen molar-refractivity contribution in [2.75, 3.05) is 5.75 Å². The van der Waals surface area contributed by atoms with E-state index in [1.807, 2.05) is 48.7 Å². The first-order chi connectivity index (χ1) is 17.5. The van der Waals surface area contributed by atoms with Crippen molar-refractivity contribution in [3.05, 3.63) is 102 Å². The van der Waals surface area contributed by atoms with Crippen molar-refractivity contribution in [2.24, 2.45) is 0 Å². The zero-order valence-electron chi connectivity index (χ0n) is 20.5. The molecule has 7 nitrogen and oxygen atoms in total. The maximum absolute atomic E-state index is 13.3. The van der Waals surface area contributed by atoms with E-state index in [0.29, 0.717) is 17.5 Å². The SMILES string of the molecule is CCc1ccc(-n2c(SCC(=O)c3cc(C)n(Cc4ccco4)c3C)nnc2-c2ccncc2)cc1. The van der Waals surface area contributed by atoms with Crippen LogP contribution < -0.4 is 0 Å². The van der Waals surface area contributed by atoms with E-state index in [0.717, 1.165) is 40.4 Å². The van der Waals surface area contributed by atoms with Gasteiger partial charge in [-0.05, 0) is 68.3 Å². The zero-order valence-corrected chi connectivity index (χ0v) is 21.3. The summed E-state index contributed by atoms with van der Waals surface area (Å²) in [6.45, 7) is 6.72. The number of Topliss-reactive ketones (excluding diaryl/α,β-unsaturated/α-hetero) is 1. The van der Waals surface area contributed by atoms with Crippen LogP contribution in [0.15, 0.2) is 82.8 Å². The quantitative estimate of drug-likeness (QED) is 0.186. The highest BCUT2D eigenvalue weighted by molar-refractivity contribution is 7.99. The molecule has 5 aromatic rings. The highest BCUT2D eigenvalue weighted by Gasteiger charge is 2.20. The van der Waals surface area contributed by atoms with Crippen LogP contribution in [0.5, 0.6) is 0 Å². The Balaban J connectivity index is 1.42. The number of carbonyl (C=O) groups excluding carboxylic acids is 1. The van der Waals surface area contributed by atoms with Gasteiger partial charge in [0.25, 0.3) is 0 Å². The minimum absolute atomic E-state index is 0.0557.